The summed E-state index contributed by atoms with van der Waals surface area (Å²) in [5.41, 5.74) is 1.38. The van der Waals surface area contributed by atoms with Gasteiger partial charge >= 0.3 is 0 Å². The Bertz CT molecular complexity index is 197. The maximum atomic E-state index is 5.92. The summed E-state index contributed by atoms with van der Waals surface area (Å²) in [5, 5.41) is 0. The summed E-state index contributed by atoms with van der Waals surface area (Å²) in [6.07, 6.45) is 0.697. The number of fused-ring (bicyclic) bond motifs is 1. The van der Waals surface area contributed by atoms with Crippen LogP contribution in [0.3, 0.4) is 0 Å². The molecule has 76 valence electrons. The predicted molar refractivity (Wildman–Crippen MR) is 55.6 cm³/mol. The molecule has 0 aliphatic carbocycles. The lowest BCUT2D eigenvalue weighted by Crippen LogP contribution is -2.27. The Morgan fingerprint density at radius 1 is 1.00 bits per heavy atom. The van der Waals surface area contributed by atoms with Gasteiger partial charge in [0.2, 0.25) is 0 Å². The predicted octanol–water partition coefficient (Wildman–Crippen LogP) is 2.41. The van der Waals surface area contributed by atoms with Crippen molar-refractivity contribution in [1.29, 1.82) is 0 Å². The topological polar surface area (TPSA) is 18.5 Å². The number of hydrogen-bond donors (Lipinski definition) is 0. The molecule has 0 aromatic carbocycles. The van der Waals surface area contributed by atoms with Crippen molar-refractivity contribution in [2.75, 3.05) is 6.66 Å². The van der Waals surface area contributed by atoms with Crippen molar-refractivity contribution >= 4 is 7.92 Å². The van der Waals surface area contributed by atoms with Crippen LogP contribution in [0.2, 0.25) is 0 Å². The van der Waals surface area contributed by atoms with Gasteiger partial charge in [-0.15, -0.1) is 0 Å². The molecule has 2 aliphatic rings. The summed E-state index contributed by atoms with van der Waals surface area (Å²) < 4.78 is 11.8. The van der Waals surface area contributed by atoms with E-state index >= 15 is 0 Å². The second-order valence-electron chi connectivity index (χ2n) is 4.71. The van der Waals surface area contributed by atoms with Gasteiger partial charge in [-0.05, 0) is 20.5 Å². The molecule has 2 fully saturated rings. The van der Waals surface area contributed by atoms with Gasteiger partial charge in [-0.1, -0.05) is 21.8 Å². The van der Waals surface area contributed by atoms with E-state index in [1.54, 1.807) is 0 Å². The molecule has 2 aliphatic heterocycles. The van der Waals surface area contributed by atoms with Crippen LogP contribution in [-0.4, -0.2) is 36.0 Å². The summed E-state index contributed by atoms with van der Waals surface area (Å²) in [4.78, 5) is 0. The first-order valence-corrected chi connectivity index (χ1v) is 6.93. The molecule has 0 spiro atoms. The normalized spacial score (nSPS) is 53.8. The molecule has 3 heteroatoms. The molecule has 2 saturated heterocycles. The Labute approximate surface area is 81.7 Å². The fourth-order valence-corrected chi connectivity index (χ4v) is 4.53. The quantitative estimate of drug-likeness (QED) is 0.561. The average Bonchev–Trinajstić information content (AvgIpc) is 2.44. The van der Waals surface area contributed by atoms with Crippen LogP contribution in [0.15, 0.2) is 0 Å². The zero-order valence-electron chi connectivity index (χ0n) is 9.07. The molecule has 0 bridgehead atoms. The first kappa shape index (κ1) is 9.89. The summed E-state index contributed by atoms with van der Waals surface area (Å²) in [6, 6.07) is 0. The van der Waals surface area contributed by atoms with Gasteiger partial charge in [0, 0.05) is 11.3 Å². The third kappa shape index (κ3) is 1.44. The molecule has 2 nitrogen and oxygen atoms in total. The average molecular weight is 202 g/mol. The van der Waals surface area contributed by atoms with Crippen LogP contribution in [0.4, 0.5) is 0 Å². The minimum Gasteiger partial charge on any atom is -0.344 e. The Hall–Kier alpha value is 0.350. The van der Waals surface area contributed by atoms with Crippen molar-refractivity contribution in [3.8, 4) is 0 Å². The largest absolute Gasteiger partial charge is 0.344 e. The van der Waals surface area contributed by atoms with Crippen molar-refractivity contribution in [2.45, 2.75) is 57.0 Å². The Morgan fingerprint density at radius 3 is 1.77 bits per heavy atom. The first-order chi connectivity index (χ1) is 5.92. The van der Waals surface area contributed by atoms with Gasteiger partial charge < -0.3 is 9.47 Å². The molecule has 2 unspecified atom stereocenters. The van der Waals surface area contributed by atoms with Crippen molar-refractivity contribution in [3.63, 3.8) is 0 Å². The summed E-state index contributed by atoms with van der Waals surface area (Å²) in [5.74, 6) is -0.353. The monoisotopic (exact) mass is 202 g/mol. The maximum absolute atomic E-state index is 5.92. The van der Waals surface area contributed by atoms with Gasteiger partial charge in [-0.2, -0.15) is 0 Å². The lowest BCUT2D eigenvalue weighted by molar-refractivity contribution is -0.147. The van der Waals surface area contributed by atoms with Gasteiger partial charge in [0.15, 0.2) is 5.79 Å². The molecule has 2 heterocycles. The molecule has 5 atom stereocenters. The van der Waals surface area contributed by atoms with Gasteiger partial charge in [-0.25, -0.2) is 0 Å². The van der Waals surface area contributed by atoms with Crippen LogP contribution < -0.4 is 0 Å². The number of rotatable bonds is 0. The van der Waals surface area contributed by atoms with Crippen LogP contribution in [0.1, 0.15) is 27.7 Å². The highest BCUT2D eigenvalue weighted by Crippen LogP contribution is 2.57. The zero-order chi connectivity index (χ0) is 9.80. The molecule has 2 rings (SSSR count). The lowest BCUT2D eigenvalue weighted by atomic mass is 10.1. The summed E-state index contributed by atoms with van der Waals surface area (Å²) in [6.45, 7) is 11.0. The van der Waals surface area contributed by atoms with Gasteiger partial charge in [0.1, 0.15) is 0 Å². The molecule has 0 aromatic rings. The van der Waals surface area contributed by atoms with E-state index in [9.17, 15) is 0 Å². The molecular weight excluding hydrogens is 183 g/mol. The first-order valence-electron chi connectivity index (χ1n) is 5.00. The van der Waals surface area contributed by atoms with Gasteiger partial charge in [0.05, 0.1) is 12.2 Å². The second-order valence-corrected chi connectivity index (χ2v) is 7.67. The maximum Gasteiger partial charge on any atom is 0.163 e. The standard InChI is InChI=1S/C10H19O2P/c1-6-8-9(7(2)13(6)5)12-10(3,4)11-8/h6-9H,1-5H3/t6-,7-,8+,9?,13?/m0/s1. The summed E-state index contributed by atoms with van der Waals surface area (Å²) >= 11 is 0. The van der Waals surface area contributed by atoms with Crippen molar-refractivity contribution in [3.05, 3.63) is 0 Å². The fraction of sp³-hybridized carbons (Fsp3) is 1.00. The molecule has 0 radical (unpaired) electrons. The van der Waals surface area contributed by atoms with E-state index in [1.165, 1.54) is 0 Å². The zero-order valence-corrected chi connectivity index (χ0v) is 9.97. The van der Waals surface area contributed by atoms with Crippen LogP contribution in [-0.2, 0) is 9.47 Å². The molecule has 0 aromatic heterocycles. The van der Waals surface area contributed by atoms with Crippen molar-refractivity contribution in [1.82, 2.24) is 0 Å². The van der Waals surface area contributed by atoms with Crippen LogP contribution in [0.25, 0.3) is 0 Å². The fourth-order valence-electron chi connectivity index (χ4n) is 2.40. The highest BCUT2D eigenvalue weighted by Gasteiger charge is 2.53. The summed E-state index contributed by atoms with van der Waals surface area (Å²) in [7, 11) is 0.0879. The van der Waals surface area contributed by atoms with Crippen molar-refractivity contribution in [2.24, 2.45) is 0 Å². The Morgan fingerprint density at radius 2 is 1.38 bits per heavy atom. The van der Waals surface area contributed by atoms with E-state index in [0.717, 1.165) is 0 Å². The highest BCUT2D eigenvalue weighted by atomic mass is 31.1. The molecule has 0 N–H and O–H groups in total. The van der Waals surface area contributed by atoms with Crippen LogP contribution in [0, 0.1) is 0 Å². The van der Waals surface area contributed by atoms with Gasteiger partial charge in [-0.3, -0.25) is 0 Å². The van der Waals surface area contributed by atoms with Crippen LogP contribution >= 0.6 is 7.92 Å². The van der Waals surface area contributed by atoms with Crippen LogP contribution in [0.5, 0.6) is 0 Å². The molecule has 13 heavy (non-hydrogen) atoms. The Kier molecular flexibility index (Phi) is 2.22. The Balaban J connectivity index is 2.18. The van der Waals surface area contributed by atoms with E-state index in [2.05, 4.69) is 20.5 Å². The third-order valence-electron chi connectivity index (χ3n) is 3.40. The second kappa shape index (κ2) is 2.92. The SMILES string of the molecule is C[C@H]1C2OC(C)(C)O[C@@H]2[C@H](C)P1C. The number of ether oxygens (including phenoxy) is 2. The van der Waals surface area contributed by atoms with Crippen molar-refractivity contribution < 1.29 is 9.47 Å². The lowest BCUT2D eigenvalue weighted by Gasteiger charge is -2.25. The number of hydrogen-bond acceptors (Lipinski definition) is 2. The molecule has 0 saturated carbocycles. The van der Waals surface area contributed by atoms with E-state index in [4.69, 9.17) is 9.47 Å². The smallest absolute Gasteiger partial charge is 0.163 e. The van der Waals surface area contributed by atoms with E-state index in [-0.39, 0.29) is 13.7 Å². The minimum absolute atomic E-state index is 0.0879. The van der Waals surface area contributed by atoms with E-state index in [0.29, 0.717) is 23.5 Å². The van der Waals surface area contributed by atoms with E-state index in [1.807, 2.05) is 13.8 Å². The van der Waals surface area contributed by atoms with E-state index < -0.39 is 0 Å². The molecular formula is C10H19O2P. The molecule has 0 amide bonds. The van der Waals surface area contributed by atoms with Gasteiger partial charge in [0.25, 0.3) is 0 Å². The highest BCUT2D eigenvalue weighted by molar-refractivity contribution is 7.58. The minimum atomic E-state index is -0.353. The third-order valence-corrected chi connectivity index (χ3v) is 6.56.